The molecule has 0 fully saturated rings. The number of nitrogens with one attached hydrogen (secondary N) is 1. The number of hydrogen-bond acceptors (Lipinski definition) is 3. The third-order valence-corrected chi connectivity index (χ3v) is 4.28. The van der Waals surface area contributed by atoms with Crippen LogP contribution in [0.25, 0.3) is 0 Å². The standard InChI is InChI=1S/C18H29N3/c1-6-12-20-18(13-19,17-10-8-7-9-11-17)14-21(5)16(4)15(2)3/h7-11,15-16,20H,6,12,14H2,1-5H3. The number of nitriles is 1. The Balaban J connectivity index is 3.05. The molecule has 3 heteroatoms. The fraction of sp³-hybridized carbons (Fsp3) is 0.611. The molecule has 0 aliphatic carbocycles. The predicted molar refractivity (Wildman–Crippen MR) is 89.0 cm³/mol. The normalized spacial score (nSPS) is 15.7. The van der Waals surface area contributed by atoms with Crippen LogP contribution < -0.4 is 5.32 Å². The van der Waals surface area contributed by atoms with Crippen LogP contribution in [0.15, 0.2) is 30.3 Å². The van der Waals surface area contributed by atoms with Crippen molar-refractivity contribution in [3.8, 4) is 6.07 Å². The summed E-state index contributed by atoms with van der Waals surface area (Å²) in [5.41, 5.74) is 0.401. The highest BCUT2D eigenvalue weighted by atomic mass is 15.2. The SMILES string of the molecule is CCCNC(C#N)(CN(C)C(C)C(C)C)c1ccccc1. The van der Waals surface area contributed by atoms with E-state index in [-0.39, 0.29) is 0 Å². The average Bonchev–Trinajstić information content (AvgIpc) is 2.51. The van der Waals surface area contributed by atoms with Crippen LogP contribution in [0.1, 0.15) is 39.7 Å². The second-order valence-corrected chi connectivity index (χ2v) is 6.21. The number of benzene rings is 1. The minimum Gasteiger partial charge on any atom is -0.300 e. The zero-order chi connectivity index (χ0) is 15.9. The Morgan fingerprint density at radius 2 is 1.86 bits per heavy atom. The van der Waals surface area contributed by atoms with Crippen molar-refractivity contribution in [3.05, 3.63) is 35.9 Å². The summed E-state index contributed by atoms with van der Waals surface area (Å²) in [6, 6.07) is 13.1. The van der Waals surface area contributed by atoms with Crippen molar-refractivity contribution < 1.29 is 0 Å². The molecule has 1 N–H and O–H groups in total. The number of hydrogen-bond donors (Lipinski definition) is 1. The molecule has 21 heavy (non-hydrogen) atoms. The van der Waals surface area contributed by atoms with Crippen molar-refractivity contribution in [1.29, 1.82) is 5.26 Å². The zero-order valence-corrected chi connectivity index (χ0v) is 14.1. The van der Waals surface area contributed by atoms with Gasteiger partial charge in [-0.1, -0.05) is 51.1 Å². The highest BCUT2D eigenvalue weighted by Crippen LogP contribution is 2.23. The largest absolute Gasteiger partial charge is 0.300 e. The van der Waals surface area contributed by atoms with Crippen molar-refractivity contribution in [2.75, 3.05) is 20.1 Å². The van der Waals surface area contributed by atoms with Crippen molar-refractivity contribution in [2.24, 2.45) is 5.92 Å². The second kappa shape index (κ2) is 8.17. The molecule has 2 unspecified atom stereocenters. The van der Waals surface area contributed by atoms with Gasteiger partial charge in [-0.05, 0) is 38.4 Å². The smallest absolute Gasteiger partial charge is 0.145 e. The average molecular weight is 287 g/mol. The van der Waals surface area contributed by atoms with Crippen LogP contribution in [0.2, 0.25) is 0 Å². The Bertz CT molecular complexity index is 449. The van der Waals surface area contributed by atoms with Gasteiger partial charge in [0, 0.05) is 12.6 Å². The second-order valence-electron chi connectivity index (χ2n) is 6.21. The van der Waals surface area contributed by atoms with E-state index in [1.54, 1.807) is 0 Å². The Hall–Kier alpha value is -1.37. The van der Waals surface area contributed by atoms with Gasteiger partial charge in [-0.15, -0.1) is 0 Å². The van der Waals surface area contributed by atoms with Gasteiger partial charge in [-0.25, -0.2) is 0 Å². The first-order chi connectivity index (χ1) is 9.96. The molecular formula is C18H29N3. The molecule has 1 aromatic rings. The molecule has 0 aliphatic heterocycles. The van der Waals surface area contributed by atoms with Gasteiger partial charge in [-0.2, -0.15) is 5.26 Å². The van der Waals surface area contributed by atoms with E-state index in [1.807, 2.05) is 30.3 Å². The number of likely N-dealkylation sites (N-methyl/N-ethyl adjacent to an activating group) is 1. The van der Waals surface area contributed by atoms with E-state index in [1.165, 1.54) is 0 Å². The third kappa shape index (κ3) is 4.56. The molecule has 0 amide bonds. The van der Waals surface area contributed by atoms with Crippen LogP contribution in [0, 0.1) is 17.2 Å². The van der Waals surface area contributed by atoms with Gasteiger partial charge in [0.15, 0.2) is 0 Å². The first kappa shape index (κ1) is 17.7. The summed E-state index contributed by atoms with van der Waals surface area (Å²) in [5, 5.41) is 13.4. The number of rotatable bonds is 8. The van der Waals surface area contributed by atoms with Crippen LogP contribution in [0.4, 0.5) is 0 Å². The maximum atomic E-state index is 9.89. The van der Waals surface area contributed by atoms with E-state index in [0.717, 1.165) is 18.5 Å². The first-order valence-corrected chi connectivity index (χ1v) is 7.89. The van der Waals surface area contributed by atoms with E-state index in [9.17, 15) is 5.26 Å². The molecule has 0 aromatic heterocycles. The zero-order valence-electron chi connectivity index (χ0n) is 14.1. The van der Waals surface area contributed by atoms with Gasteiger partial charge in [-0.3, -0.25) is 5.32 Å². The fourth-order valence-corrected chi connectivity index (χ4v) is 2.48. The molecule has 1 aromatic carbocycles. The van der Waals surface area contributed by atoms with Gasteiger partial charge in [0.1, 0.15) is 5.54 Å². The summed E-state index contributed by atoms with van der Waals surface area (Å²) in [5.74, 6) is 0.563. The fourth-order valence-electron chi connectivity index (χ4n) is 2.48. The summed E-state index contributed by atoms with van der Waals surface area (Å²) in [7, 11) is 2.10. The molecule has 0 spiro atoms. The van der Waals surface area contributed by atoms with Crippen LogP contribution in [-0.4, -0.2) is 31.1 Å². The quantitative estimate of drug-likeness (QED) is 0.796. The minimum absolute atomic E-state index is 0.435. The molecule has 116 valence electrons. The topological polar surface area (TPSA) is 39.1 Å². The Labute approximate surface area is 130 Å². The lowest BCUT2D eigenvalue weighted by atomic mass is 9.89. The maximum absolute atomic E-state index is 9.89. The maximum Gasteiger partial charge on any atom is 0.145 e. The Morgan fingerprint density at radius 1 is 1.24 bits per heavy atom. The van der Waals surface area contributed by atoms with Gasteiger partial charge >= 0.3 is 0 Å². The molecule has 0 saturated heterocycles. The van der Waals surface area contributed by atoms with Crippen LogP contribution in [0.5, 0.6) is 0 Å². The van der Waals surface area contributed by atoms with E-state index in [0.29, 0.717) is 18.5 Å². The molecule has 1 rings (SSSR count). The van der Waals surface area contributed by atoms with Crippen LogP contribution in [0.3, 0.4) is 0 Å². The minimum atomic E-state index is -0.644. The van der Waals surface area contributed by atoms with Gasteiger partial charge in [0.05, 0.1) is 6.07 Å². The summed E-state index contributed by atoms with van der Waals surface area (Å²) >= 11 is 0. The van der Waals surface area contributed by atoms with Crippen molar-refractivity contribution in [3.63, 3.8) is 0 Å². The molecule has 0 radical (unpaired) electrons. The highest BCUT2D eigenvalue weighted by Gasteiger charge is 2.34. The molecular weight excluding hydrogens is 258 g/mol. The van der Waals surface area contributed by atoms with Crippen molar-refractivity contribution in [1.82, 2.24) is 10.2 Å². The predicted octanol–water partition coefficient (Wildman–Crippen LogP) is 3.38. The molecule has 0 heterocycles. The molecule has 3 nitrogen and oxygen atoms in total. The van der Waals surface area contributed by atoms with Gasteiger partial charge in [0.25, 0.3) is 0 Å². The van der Waals surface area contributed by atoms with Crippen LogP contribution >= 0.6 is 0 Å². The Morgan fingerprint density at radius 3 is 2.33 bits per heavy atom. The monoisotopic (exact) mass is 287 g/mol. The summed E-state index contributed by atoms with van der Waals surface area (Å²) < 4.78 is 0. The van der Waals surface area contributed by atoms with Crippen LogP contribution in [-0.2, 0) is 5.54 Å². The van der Waals surface area contributed by atoms with E-state index in [4.69, 9.17) is 0 Å². The summed E-state index contributed by atoms with van der Waals surface area (Å²) in [6.45, 7) is 10.3. The lowest BCUT2D eigenvalue weighted by Gasteiger charge is -2.36. The van der Waals surface area contributed by atoms with E-state index in [2.05, 4.69) is 51.0 Å². The Kier molecular flexibility index (Phi) is 6.87. The molecule has 0 aliphatic rings. The molecule has 0 bridgehead atoms. The summed E-state index contributed by atoms with van der Waals surface area (Å²) in [4.78, 5) is 2.28. The highest BCUT2D eigenvalue weighted by molar-refractivity contribution is 5.32. The van der Waals surface area contributed by atoms with E-state index >= 15 is 0 Å². The van der Waals surface area contributed by atoms with Gasteiger partial charge in [0.2, 0.25) is 0 Å². The number of nitrogens with zero attached hydrogens (tertiary/aromatic N) is 2. The summed E-state index contributed by atoms with van der Waals surface area (Å²) in [6.07, 6.45) is 1.01. The third-order valence-electron chi connectivity index (χ3n) is 4.28. The van der Waals surface area contributed by atoms with Gasteiger partial charge < -0.3 is 4.90 Å². The molecule has 0 saturated carbocycles. The van der Waals surface area contributed by atoms with Crippen molar-refractivity contribution >= 4 is 0 Å². The molecule has 2 atom stereocenters. The van der Waals surface area contributed by atoms with Crippen molar-refractivity contribution in [2.45, 2.75) is 45.7 Å². The lowest BCUT2D eigenvalue weighted by Crippen LogP contribution is -2.52. The van der Waals surface area contributed by atoms with E-state index < -0.39 is 5.54 Å². The first-order valence-electron chi connectivity index (χ1n) is 7.89. The lowest BCUT2D eigenvalue weighted by molar-refractivity contribution is 0.166.